The Labute approximate surface area is 167 Å². The van der Waals surface area contributed by atoms with Gasteiger partial charge in [0, 0.05) is 57.2 Å². The van der Waals surface area contributed by atoms with Gasteiger partial charge in [0.2, 0.25) is 0 Å². The second kappa shape index (κ2) is 11.1. The lowest BCUT2D eigenvalue weighted by molar-refractivity contribution is 0.129. The van der Waals surface area contributed by atoms with Gasteiger partial charge in [-0.15, -0.1) is 11.3 Å². The van der Waals surface area contributed by atoms with Gasteiger partial charge >= 0.3 is 0 Å². The Balaban J connectivity index is 1.35. The summed E-state index contributed by atoms with van der Waals surface area (Å²) in [6, 6.07) is 15.0. The van der Waals surface area contributed by atoms with Gasteiger partial charge in [-0.3, -0.25) is 9.80 Å². The average Bonchev–Trinajstić information content (AvgIpc) is 3.22. The summed E-state index contributed by atoms with van der Waals surface area (Å²) >= 11 is 1.75. The van der Waals surface area contributed by atoms with Crippen molar-refractivity contribution in [2.75, 3.05) is 45.8 Å². The second-order valence-corrected chi connectivity index (χ2v) is 7.84. The molecule has 3 rings (SSSR count). The van der Waals surface area contributed by atoms with E-state index >= 15 is 0 Å². The van der Waals surface area contributed by atoms with Crippen molar-refractivity contribution in [2.45, 2.75) is 20.0 Å². The predicted molar refractivity (Wildman–Crippen MR) is 115 cm³/mol. The molecule has 2 N–H and O–H groups in total. The molecule has 2 aromatic rings. The van der Waals surface area contributed by atoms with Gasteiger partial charge in [0.1, 0.15) is 0 Å². The lowest BCUT2D eigenvalue weighted by Gasteiger charge is -2.34. The summed E-state index contributed by atoms with van der Waals surface area (Å²) in [6.07, 6.45) is 0. The largest absolute Gasteiger partial charge is 0.357 e. The van der Waals surface area contributed by atoms with Crippen LogP contribution in [0, 0.1) is 0 Å². The van der Waals surface area contributed by atoms with Crippen LogP contribution in [0.1, 0.15) is 17.4 Å². The Morgan fingerprint density at radius 2 is 1.78 bits per heavy atom. The van der Waals surface area contributed by atoms with Crippen LogP contribution in [0.2, 0.25) is 0 Å². The number of piperazine rings is 1. The first kappa shape index (κ1) is 19.9. The fourth-order valence-electron chi connectivity index (χ4n) is 3.25. The topological polar surface area (TPSA) is 42.9 Å². The first-order valence-electron chi connectivity index (χ1n) is 9.86. The molecule has 0 atom stereocenters. The zero-order chi connectivity index (χ0) is 18.7. The Bertz CT molecular complexity index is 663. The van der Waals surface area contributed by atoms with Crippen molar-refractivity contribution in [2.24, 2.45) is 4.99 Å². The van der Waals surface area contributed by atoms with Crippen LogP contribution in [0.3, 0.4) is 0 Å². The molecule has 0 bridgehead atoms. The van der Waals surface area contributed by atoms with Crippen molar-refractivity contribution < 1.29 is 0 Å². The van der Waals surface area contributed by atoms with Gasteiger partial charge in [-0.25, -0.2) is 4.99 Å². The number of hydrogen-bond donors (Lipinski definition) is 2. The summed E-state index contributed by atoms with van der Waals surface area (Å²) in [5.41, 5.74) is 1.41. The predicted octanol–water partition coefficient (Wildman–Crippen LogP) is 2.62. The summed E-state index contributed by atoms with van der Waals surface area (Å²) in [4.78, 5) is 11.1. The molecular formula is C21H31N5S. The van der Waals surface area contributed by atoms with Crippen LogP contribution in [0.4, 0.5) is 0 Å². The van der Waals surface area contributed by atoms with E-state index in [9.17, 15) is 0 Å². The molecular weight excluding hydrogens is 354 g/mol. The van der Waals surface area contributed by atoms with Crippen LogP contribution in [-0.4, -0.2) is 61.6 Å². The highest BCUT2D eigenvalue weighted by Crippen LogP contribution is 2.09. The van der Waals surface area contributed by atoms with E-state index in [0.29, 0.717) is 0 Å². The number of hydrogen-bond acceptors (Lipinski definition) is 4. The fraction of sp³-hybridized carbons (Fsp3) is 0.476. The van der Waals surface area contributed by atoms with Gasteiger partial charge < -0.3 is 10.6 Å². The summed E-state index contributed by atoms with van der Waals surface area (Å²) in [7, 11) is 0. The molecule has 0 aliphatic carbocycles. The third-order valence-electron chi connectivity index (χ3n) is 4.75. The average molecular weight is 386 g/mol. The van der Waals surface area contributed by atoms with Crippen molar-refractivity contribution in [1.29, 1.82) is 0 Å². The van der Waals surface area contributed by atoms with E-state index in [2.05, 4.69) is 80.2 Å². The monoisotopic (exact) mass is 385 g/mol. The van der Waals surface area contributed by atoms with Gasteiger partial charge in [0.05, 0.1) is 6.54 Å². The smallest absolute Gasteiger partial charge is 0.191 e. The zero-order valence-corrected chi connectivity index (χ0v) is 17.0. The fourth-order valence-corrected chi connectivity index (χ4v) is 3.87. The van der Waals surface area contributed by atoms with Crippen molar-refractivity contribution in [3.05, 3.63) is 58.3 Å². The minimum atomic E-state index is 0.741. The molecule has 0 saturated carbocycles. The molecule has 0 unspecified atom stereocenters. The number of benzene rings is 1. The SMILES string of the molecule is CCNC(=NCc1cccs1)NCCN1CCN(Cc2ccccc2)CC1. The Morgan fingerprint density at radius 3 is 2.48 bits per heavy atom. The second-order valence-electron chi connectivity index (χ2n) is 6.80. The number of rotatable bonds is 8. The number of aliphatic imine (C=N–C) groups is 1. The van der Waals surface area contributed by atoms with E-state index < -0.39 is 0 Å². The van der Waals surface area contributed by atoms with E-state index in [1.807, 2.05) is 0 Å². The maximum atomic E-state index is 4.68. The molecule has 27 heavy (non-hydrogen) atoms. The third-order valence-corrected chi connectivity index (χ3v) is 5.61. The van der Waals surface area contributed by atoms with E-state index in [4.69, 9.17) is 0 Å². The summed E-state index contributed by atoms with van der Waals surface area (Å²) < 4.78 is 0. The Kier molecular flexibility index (Phi) is 8.14. The number of nitrogens with zero attached hydrogens (tertiary/aromatic N) is 3. The highest BCUT2D eigenvalue weighted by molar-refractivity contribution is 7.09. The van der Waals surface area contributed by atoms with Crippen LogP contribution in [0.15, 0.2) is 52.8 Å². The molecule has 0 spiro atoms. The zero-order valence-electron chi connectivity index (χ0n) is 16.2. The van der Waals surface area contributed by atoms with Crippen LogP contribution in [0.5, 0.6) is 0 Å². The first-order chi connectivity index (χ1) is 13.3. The highest BCUT2D eigenvalue weighted by atomic mass is 32.1. The minimum absolute atomic E-state index is 0.741. The number of nitrogens with one attached hydrogen (secondary N) is 2. The molecule has 0 radical (unpaired) electrons. The molecule has 146 valence electrons. The standard InChI is InChI=1S/C21H31N5S/c1-2-22-21(24-17-20-9-6-16-27-20)23-10-11-25-12-14-26(15-13-25)18-19-7-4-3-5-8-19/h3-9,16H,2,10-15,17-18H2,1H3,(H2,22,23,24). The lowest BCUT2D eigenvalue weighted by atomic mass is 10.2. The summed E-state index contributed by atoms with van der Waals surface area (Å²) in [5, 5.41) is 8.90. The molecule has 0 amide bonds. The molecule has 2 heterocycles. The van der Waals surface area contributed by atoms with Crippen molar-refractivity contribution in [1.82, 2.24) is 20.4 Å². The highest BCUT2D eigenvalue weighted by Gasteiger charge is 2.16. The van der Waals surface area contributed by atoms with Crippen molar-refractivity contribution in [3.8, 4) is 0 Å². The van der Waals surface area contributed by atoms with E-state index in [-0.39, 0.29) is 0 Å². The number of thiophene rings is 1. The molecule has 1 aliphatic rings. The molecule has 1 aromatic carbocycles. The van der Waals surface area contributed by atoms with Crippen LogP contribution in [0.25, 0.3) is 0 Å². The van der Waals surface area contributed by atoms with Crippen molar-refractivity contribution >= 4 is 17.3 Å². The Hall–Kier alpha value is -1.89. The quantitative estimate of drug-likeness (QED) is 0.542. The van der Waals surface area contributed by atoms with E-state index in [1.54, 1.807) is 11.3 Å². The summed E-state index contributed by atoms with van der Waals surface area (Å²) in [6.45, 7) is 11.3. The van der Waals surface area contributed by atoms with E-state index in [1.165, 1.54) is 10.4 Å². The van der Waals surface area contributed by atoms with Crippen molar-refractivity contribution in [3.63, 3.8) is 0 Å². The van der Waals surface area contributed by atoms with Crippen LogP contribution in [-0.2, 0) is 13.1 Å². The third kappa shape index (κ3) is 6.97. The molecule has 1 fully saturated rings. The Morgan fingerprint density at radius 1 is 1.00 bits per heavy atom. The molecule has 1 aromatic heterocycles. The van der Waals surface area contributed by atoms with E-state index in [0.717, 1.165) is 64.9 Å². The summed E-state index contributed by atoms with van der Waals surface area (Å²) in [5.74, 6) is 0.911. The maximum absolute atomic E-state index is 4.68. The van der Waals surface area contributed by atoms with Gasteiger partial charge in [-0.2, -0.15) is 0 Å². The van der Waals surface area contributed by atoms with Gasteiger partial charge in [-0.05, 0) is 23.9 Å². The number of guanidine groups is 1. The maximum Gasteiger partial charge on any atom is 0.191 e. The molecule has 1 saturated heterocycles. The van der Waals surface area contributed by atoms with Gasteiger partial charge in [0.15, 0.2) is 5.96 Å². The minimum Gasteiger partial charge on any atom is -0.357 e. The lowest BCUT2D eigenvalue weighted by Crippen LogP contribution is -2.49. The van der Waals surface area contributed by atoms with Gasteiger partial charge in [-0.1, -0.05) is 36.4 Å². The molecule has 5 nitrogen and oxygen atoms in total. The van der Waals surface area contributed by atoms with Gasteiger partial charge in [0.25, 0.3) is 0 Å². The molecule has 6 heteroatoms. The van der Waals surface area contributed by atoms with Crippen LogP contribution >= 0.6 is 11.3 Å². The van der Waals surface area contributed by atoms with Crippen LogP contribution < -0.4 is 10.6 Å². The normalized spacial score (nSPS) is 16.4. The molecule has 1 aliphatic heterocycles. The first-order valence-corrected chi connectivity index (χ1v) is 10.7.